The van der Waals surface area contributed by atoms with Gasteiger partial charge in [-0.05, 0) is 62.4 Å². The molecular formula is C27H25ClF2N2O4. The first-order valence-electron chi connectivity index (χ1n) is 12.1. The molecule has 1 saturated heterocycles. The van der Waals surface area contributed by atoms with E-state index in [9.17, 15) is 9.18 Å². The van der Waals surface area contributed by atoms with Gasteiger partial charge in [-0.1, -0.05) is 28.9 Å². The van der Waals surface area contributed by atoms with Crippen LogP contribution in [0.3, 0.4) is 0 Å². The number of benzene rings is 2. The molecule has 3 aliphatic rings. The first-order chi connectivity index (χ1) is 17.2. The Kier molecular flexibility index (Phi) is 5.57. The second kappa shape index (κ2) is 8.56. The van der Waals surface area contributed by atoms with Crippen LogP contribution < -0.4 is 4.90 Å². The van der Waals surface area contributed by atoms with Gasteiger partial charge in [-0.2, -0.15) is 0 Å². The molecule has 36 heavy (non-hydrogen) atoms. The van der Waals surface area contributed by atoms with Crippen LogP contribution in [0.25, 0.3) is 11.3 Å². The summed E-state index contributed by atoms with van der Waals surface area (Å²) in [5.74, 6) is -1.56. The maximum absolute atomic E-state index is 15.1. The third kappa shape index (κ3) is 3.87. The highest BCUT2D eigenvalue weighted by molar-refractivity contribution is 6.33. The fourth-order valence-electron chi connectivity index (χ4n) is 5.73. The second-order valence-corrected chi connectivity index (χ2v) is 10.5. The standard InChI is InChI=1S/C27H25ClF2N2O4/c1-14-3-2-4-20(28)23(14)24-19(25(36-31-24)27(30)7-8-27)13-35-22-11-17-9-15(22)12-32(17)16-5-6-18(26(33)34)21(29)10-16/h2-6,10,15,17,22H,7-9,11-13H2,1H3,(H,33,34)/t15-,17-,22+/m0/s1. The van der Waals surface area contributed by atoms with E-state index in [0.717, 1.165) is 24.0 Å². The molecule has 6 rings (SSSR count). The lowest BCUT2D eigenvalue weighted by Crippen LogP contribution is -2.38. The second-order valence-electron chi connectivity index (χ2n) is 10.1. The van der Waals surface area contributed by atoms with Crippen molar-refractivity contribution < 1.29 is 27.9 Å². The quantitative estimate of drug-likeness (QED) is 0.400. The van der Waals surface area contributed by atoms with E-state index >= 15 is 4.39 Å². The normalized spacial score (nSPS) is 23.9. The number of hydrogen-bond acceptors (Lipinski definition) is 5. The molecule has 0 unspecified atom stereocenters. The van der Waals surface area contributed by atoms with Crippen LogP contribution in [-0.2, 0) is 17.0 Å². The maximum Gasteiger partial charge on any atom is 0.338 e. The summed E-state index contributed by atoms with van der Waals surface area (Å²) in [5.41, 5.74) is 1.62. The van der Waals surface area contributed by atoms with Crippen LogP contribution in [0, 0.1) is 18.7 Å². The zero-order valence-corrected chi connectivity index (χ0v) is 20.4. The Bertz CT molecular complexity index is 1340. The van der Waals surface area contributed by atoms with Crippen molar-refractivity contribution in [2.45, 2.75) is 57.0 Å². The van der Waals surface area contributed by atoms with Gasteiger partial charge in [0.15, 0.2) is 11.4 Å². The van der Waals surface area contributed by atoms with Crippen molar-refractivity contribution in [2.24, 2.45) is 5.92 Å². The molecule has 0 radical (unpaired) electrons. The first kappa shape index (κ1) is 23.4. The third-order valence-electron chi connectivity index (χ3n) is 7.78. The minimum absolute atomic E-state index is 0.0351. The van der Waals surface area contributed by atoms with Gasteiger partial charge in [0.05, 0.1) is 28.9 Å². The summed E-state index contributed by atoms with van der Waals surface area (Å²) in [6, 6.07) is 9.99. The Morgan fingerprint density at radius 2 is 2.11 bits per heavy atom. The number of aromatic nitrogens is 1. The molecule has 6 nitrogen and oxygen atoms in total. The van der Waals surface area contributed by atoms with Crippen LogP contribution in [0.15, 0.2) is 40.9 Å². The number of alkyl halides is 1. The van der Waals surface area contributed by atoms with E-state index < -0.39 is 17.5 Å². The summed E-state index contributed by atoms with van der Waals surface area (Å²) in [6.45, 7) is 2.78. The molecule has 1 aromatic heterocycles. The fraction of sp³-hybridized carbons (Fsp3) is 0.407. The number of aromatic carboxylic acids is 1. The Balaban J connectivity index is 1.20. The van der Waals surface area contributed by atoms with Gasteiger partial charge in [0, 0.05) is 29.8 Å². The van der Waals surface area contributed by atoms with E-state index in [1.165, 1.54) is 12.1 Å². The minimum Gasteiger partial charge on any atom is -0.478 e. The van der Waals surface area contributed by atoms with Crippen LogP contribution in [0.2, 0.25) is 5.02 Å². The van der Waals surface area contributed by atoms with Crippen LogP contribution >= 0.6 is 11.6 Å². The number of carboxylic acid groups (broad SMARTS) is 1. The van der Waals surface area contributed by atoms with E-state index in [1.54, 1.807) is 12.1 Å². The van der Waals surface area contributed by atoms with Crippen LogP contribution in [0.1, 0.15) is 52.9 Å². The van der Waals surface area contributed by atoms with Crippen molar-refractivity contribution in [1.82, 2.24) is 5.16 Å². The number of nitrogens with zero attached hydrogens (tertiary/aromatic N) is 2. The molecule has 1 N–H and O–H groups in total. The molecule has 0 amide bonds. The number of piperidine rings is 1. The summed E-state index contributed by atoms with van der Waals surface area (Å²) >= 11 is 6.49. The zero-order chi connectivity index (χ0) is 25.2. The van der Waals surface area contributed by atoms with Gasteiger partial charge in [0.1, 0.15) is 11.5 Å². The summed E-state index contributed by atoms with van der Waals surface area (Å²) in [4.78, 5) is 13.2. The van der Waals surface area contributed by atoms with E-state index in [0.29, 0.717) is 41.4 Å². The topological polar surface area (TPSA) is 75.8 Å². The van der Waals surface area contributed by atoms with Crippen molar-refractivity contribution in [2.75, 3.05) is 11.4 Å². The van der Waals surface area contributed by atoms with Gasteiger partial charge in [0.2, 0.25) is 0 Å². The third-order valence-corrected chi connectivity index (χ3v) is 8.09. The highest BCUT2D eigenvalue weighted by atomic mass is 35.5. The Morgan fingerprint density at radius 1 is 1.31 bits per heavy atom. The number of ether oxygens (including phenoxy) is 1. The number of anilines is 1. The van der Waals surface area contributed by atoms with Crippen molar-refractivity contribution in [3.8, 4) is 11.3 Å². The predicted octanol–water partition coefficient (Wildman–Crippen LogP) is 6.28. The lowest BCUT2D eigenvalue weighted by atomic mass is 9.99. The Labute approximate surface area is 211 Å². The maximum atomic E-state index is 15.1. The SMILES string of the molecule is Cc1cccc(Cl)c1-c1noc(C2(F)CC2)c1CO[C@@H]1C[C@@H]2C[C@H]1CN2c1ccc(C(=O)O)c(F)c1. The molecule has 188 valence electrons. The van der Waals surface area contributed by atoms with Crippen molar-refractivity contribution >= 4 is 23.3 Å². The number of halogens is 3. The largest absolute Gasteiger partial charge is 0.478 e. The molecule has 2 bridgehead atoms. The Hall–Kier alpha value is -2.97. The van der Waals surface area contributed by atoms with Crippen LogP contribution in [0.4, 0.5) is 14.5 Å². The average Bonchev–Trinajstić information content (AvgIpc) is 3.17. The van der Waals surface area contributed by atoms with Crippen molar-refractivity contribution in [3.63, 3.8) is 0 Å². The van der Waals surface area contributed by atoms with Gasteiger partial charge < -0.3 is 19.3 Å². The summed E-state index contributed by atoms with van der Waals surface area (Å²) in [5, 5.41) is 13.8. The summed E-state index contributed by atoms with van der Waals surface area (Å²) < 4.78 is 41.2. The smallest absolute Gasteiger partial charge is 0.338 e. The average molecular weight is 515 g/mol. The van der Waals surface area contributed by atoms with E-state index in [1.807, 2.05) is 19.1 Å². The predicted molar refractivity (Wildman–Crippen MR) is 130 cm³/mol. The summed E-state index contributed by atoms with van der Waals surface area (Å²) in [6.07, 6.45) is 2.40. The highest BCUT2D eigenvalue weighted by Crippen LogP contribution is 2.53. The molecule has 3 atom stereocenters. The zero-order valence-electron chi connectivity index (χ0n) is 19.6. The lowest BCUT2D eigenvalue weighted by Gasteiger charge is -2.33. The van der Waals surface area contributed by atoms with Crippen molar-refractivity contribution in [3.05, 3.63) is 69.7 Å². The molecule has 2 aliphatic carbocycles. The molecule has 2 aromatic carbocycles. The molecule has 2 heterocycles. The minimum atomic E-state index is -1.50. The van der Waals surface area contributed by atoms with E-state index in [4.69, 9.17) is 26.0 Å². The number of fused-ring (bicyclic) bond motifs is 2. The molecular weight excluding hydrogens is 490 g/mol. The molecule has 3 fully saturated rings. The van der Waals surface area contributed by atoms with Gasteiger partial charge in [-0.3, -0.25) is 0 Å². The molecule has 9 heteroatoms. The van der Waals surface area contributed by atoms with Crippen LogP contribution in [-0.4, -0.2) is 34.9 Å². The van der Waals surface area contributed by atoms with Crippen LogP contribution in [0.5, 0.6) is 0 Å². The number of carboxylic acids is 1. The lowest BCUT2D eigenvalue weighted by molar-refractivity contribution is 0.0114. The van der Waals surface area contributed by atoms with Crippen molar-refractivity contribution in [1.29, 1.82) is 0 Å². The number of hydrogen-bond donors (Lipinski definition) is 1. The van der Waals surface area contributed by atoms with E-state index in [2.05, 4.69) is 10.1 Å². The van der Waals surface area contributed by atoms with E-state index in [-0.39, 0.29) is 36.0 Å². The molecule has 0 spiro atoms. The van der Waals surface area contributed by atoms with Gasteiger partial charge >= 0.3 is 5.97 Å². The van der Waals surface area contributed by atoms with Gasteiger partial charge in [-0.15, -0.1) is 0 Å². The molecule has 3 aromatic rings. The van der Waals surface area contributed by atoms with Gasteiger partial charge in [0.25, 0.3) is 0 Å². The van der Waals surface area contributed by atoms with Gasteiger partial charge in [-0.25, -0.2) is 13.6 Å². The number of rotatable bonds is 7. The first-order valence-corrected chi connectivity index (χ1v) is 12.5. The molecule has 1 aliphatic heterocycles. The summed E-state index contributed by atoms with van der Waals surface area (Å²) in [7, 11) is 0. The highest BCUT2D eigenvalue weighted by Gasteiger charge is 2.51. The molecule has 2 saturated carbocycles. The Morgan fingerprint density at radius 3 is 2.75 bits per heavy atom. The number of aryl methyl sites for hydroxylation is 1. The fourth-order valence-corrected chi connectivity index (χ4v) is 6.04. The monoisotopic (exact) mass is 514 g/mol. The number of carbonyl (C=O) groups is 1.